The summed E-state index contributed by atoms with van der Waals surface area (Å²) >= 11 is 0. The van der Waals surface area contributed by atoms with Crippen LogP contribution in [0, 0.1) is 0 Å². The number of fused-ring (bicyclic) bond motifs is 13. The van der Waals surface area contributed by atoms with Gasteiger partial charge in [0, 0.05) is 63.5 Å². The number of rotatable bonds is 4. The van der Waals surface area contributed by atoms with Crippen molar-refractivity contribution in [1.82, 2.24) is 0 Å². The fourth-order valence-corrected chi connectivity index (χ4v) is 23.5. The highest BCUT2D eigenvalue weighted by molar-refractivity contribution is 7.04. The van der Waals surface area contributed by atoms with E-state index in [1.165, 1.54) is 105 Å². The van der Waals surface area contributed by atoms with E-state index in [0.29, 0.717) is 0 Å². The molecule has 0 unspecified atom stereocenters. The van der Waals surface area contributed by atoms with E-state index >= 15 is 0 Å². The fraction of sp³-hybridized carbons (Fsp3) is 0.165. The summed E-state index contributed by atoms with van der Waals surface area (Å²) < 4.78 is 15.4. The van der Waals surface area contributed by atoms with Crippen molar-refractivity contribution in [2.45, 2.75) is 83.5 Å². The van der Waals surface area contributed by atoms with Gasteiger partial charge in [-0.3, -0.25) is 0 Å². The van der Waals surface area contributed by atoms with Gasteiger partial charge in [-0.25, -0.2) is 0 Å². The Balaban J connectivity index is 0.874. The number of para-hydroxylation sites is 5. The minimum atomic E-state index is -2.07. The number of hydrogen-bond donors (Lipinski definition) is 0. The van der Waals surface area contributed by atoms with Crippen molar-refractivity contribution >= 4 is 134 Å². The SMILES string of the molecule is CC1(C)CCC(C)(C)c2cc(N3c4ccccc4B4c5cc6c(cc5Oc5cc(C7c8ccccc8[Si](C)(C)c8ccccc87)cc3c54)Oc3cc(N4c5ccccc5[Si](C)(C)c5ccccc54)cc4c3B6c3ccccc3N4c3ccccc3)ccc21. The van der Waals surface area contributed by atoms with Crippen molar-refractivity contribution in [3.63, 3.8) is 0 Å². The molecule has 6 heterocycles. The van der Waals surface area contributed by atoms with Crippen LogP contribution in [-0.4, -0.2) is 29.6 Å². The van der Waals surface area contributed by atoms with Crippen LogP contribution in [0.15, 0.2) is 231 Å². The molecule has 88 heavy (non-hydrogen) atoms. The maximum absolute atomic E-state index is 7.73. The van der Waals surface area contributed by atoms with Gasteiger partial charge in [-0.05, 0) is 161 Å². The lowest BCUT2D eigenvalue weighted by molar-refractivity contribution is 0.332. The second kappa shape index (κ2) is 18.3. The molecule has 9 heteroatoms. The lowest BCUT2D eigenvalue weighted by atomic mass is 9.31. The zero-order valence-electron chi connectivity index (χ0n) is 51.2. The van der Waals surface area contributed by atoms with Crippen LogP contribution in [0.4, 0.5) is 51.2 Å². The molecule has 0 radical (unpaired) electrons. The van der Waals surface area contributed by atoms with E-state index in [1.54, 1.807) is 0 Å². The minimum Gasteiger partial charge on any atom is -0.458 e. The molecule has 11 aromatic rings. The Hall–Kier alpha value is -9.02. The quantitative estimate of drug-likeness (QED) is 0.164. The molecule has 11 aromatic carbocycles. The predicted octanol–water partition coefficient (Wildman–Crippen LogP) is 13.8. The minimum absolute atomic E-state index is 0.000962. The van der Waals surface area contributed by atoms with E-state index in [1.807, 2.05) is 0 Å². The molecule has 0 atom stereocenters. The summed E-state index contributed by atoms with van der Waals surface area (Å²) in [5.41, 5.74) is 24.7. The van der Waals surface area contributed by atoms with E-state index in [2.05, 4.69) is 299 Å². The third-order valence-corrected chi connectivity index (χ3v) is 28.9. The van der Waals surface area contributed by atoms with Crippen LogP contribution in [0.1, 0.15) is 74.3 Å². The molecular formula is C79H67B2N3O2Si2. The van der Waals surface area contributed by atoms with Crippen LogP contribution in [0.3, 0.4) is 0 Å². The Kier molecular flexibility index (Phi) is 10.8. The van der Waals surface area contributed by atoms with Gasteiger partial charge in [0.05, 0.1) is 5.69 Å². The van der Waals surface area contributed by atoms with E-state index in [0.717, 1.165) is 63.1 Å². The second-order valence-corrected chi connectivity index (χ2v) is 36.8. The Morgan fingerprint density at radius 1 is 0.352 bits per heavy atom. The van der Waals surface area contributed by atoms with E-state index in [4.69, 9.17) is 9.47 Å². The van der Waals surface area contributed by atoms with Crippen LogP contribution in [0.2, 0.25) is 26.2 Å². The lowest BCUT2D eigenvalue weighted by Gasteiger charge is -2.45. The lowest BCUT2D eigenvalue weighted by Crippen LogP contribution is -2.63. The van der Waals surface area contributed by atoms with Gasteiger partial charge in [0.15, 0.2) is 0 Å². The summed E-state index contributed by atoms with van der Waals surface area (Å²) in [5, 5.41) is 5.86. The molecule has 1 aliphatic carbocycles. The maximum Gasteiger partial charge on any atom is 0.256 e. The Labute approximate surface area is 520 Å². The standard InChI is InChI=1S/C79H67B2N3O2Si2/c1-78(2)40-41-79(3,4)56-44-51(38-39-55(56)78)83-62-31-17-15-29-58(62)80-59-47-60-68(48-67(59)85-69-43-49(42-65(83)76(69)80)75-53-26-12-20-34-71(53)87(5,6)72-35-21-13-27-54(72)75)86-70-46-52(84-63-32-18-22-36-73(63)88(7,8)74-37-23-19-33-64(74)84)45-66-77(70)81(60)57-28-14-16-30-61(57)82(66)50-24-10-9-11-25-50/h9-39,42-48,75H,40-41H2,1-8H3. The molecule has 424 valence electrons. The highest BCUT2D eigenvalue weighted by atomic mass is 28.3. The summed E-state index contributed by atoms with van der Waals surface area (Å²) in [7, 11) is -4.13. The molecule has 0 saturated heterocycles. The van der Waals surface area contributed by atoms with Crippen LogP contribution in [0.25, 0.3) is 0 Å². The molecule has 18 rings (SSSR count). The second-order valence-electron chi connectivity index (χ2n) is 28.2. The number of ether oxygens (including phenoxy) is 2. The maximum atomic E-state index is 7.73. The van der Waals surface area contributed by atoms with Gasteiger partial charge in [0.1, 0.15) is 39.1 Å². The van der Waals surface area contributed by atoms with Gasteiger partial charge in [0.2, 0.25) is 0 Å². The topological polar surface area (TPSA) is 28.2 Å². The van der Waals surface area contributed by atoms with Crippen LogP contribution < -0.4 is 77.7 Å². The first-order valence-corrected chi connectivity index (χ1v) is 37.7. The number of nitrogens with zero attached hydrogens (tertiary/aromatic N) is 3. The summed E-state index contributed by atoms with van der Waals surface area (Å²) in [5.74, 6) is 3.41. The Morgan fingerprint density at radius 2 is 0.807 bits per heavy atom. The van der Waals surface area contributed by atoms with Crippen molar-refractivity contribution in [3.8, 4) is 23.0 Å². The van der Waals surface area contributed by atoms with Gasteiger partial charge in [-0.1, -0.05) is 216 Å². The summed E-state index contributed by atoms with van der Waals surface area (Å²) in [4.78, 5) is 7.58. The highest BCUT2D eigenvalue weighted by Gasteiger charge is 2.49. The van der Waals surface area contributed by atoms with Gasteiger partial charge >= 0.3 is 0 Å². The summed E-state index contributed by atoms with van der Waals surface area (Å²) in [6.45, 7) is 19.5. The van der Waals surface area contributed by atoms with Crippen LogP contribution in [0.5, 0.6) is 23.0 Å². The highest BCUT2D eigenvalue weighted by Crippen LogP contribution is 2.52. The molecule has 0 fully saturated rings. The van der Waals surface area contributed by atoms with E-state index < -0.39 is 16.1 Å². The first-order chi connectivity index (χ1) is 42.7. The molecule has 0 bridgehead atoms. The van der Waals surface area contributed by atoms with Crippen molar-refractivity contribution in [1.29, 1.82) is 0 Å². The molecule has 0 aromatic heterocycles. The summed E-state index contributed by atoms with van der Waals surface area (Å²) in [6.07, 6.45) is 2.31. The first kappa shape index (κ1) is 52.1. The predicted molar refractivity (Wildman–Crippen MR) is 375 cm³/mol. The molecule has 0 spiro atoms. The molecular weight excluding hydrogens is 1100 g/mol. The zero-order chi connectivity index (χ0) is 59.3. The average molecular weight is 1170 g/mol. The number of benzene rings is 11. The zero-order valence-corrected chi connectivity index (χ0v) is 53.2. The molecule has 6 aliphatic heterocycles. The number of hydrogen-bond acceptors (Lipinski definition) is 5. The molecule has 0 amide bonds. The van der Waals surface area contributed by atoms with Gasteiger partial charge in [-0.2, -0.15) is 0 Å². The van der Waals surface area contributed by atoms with Gasteiger partial charge in [-0.15, -0.1) is 0 Å². The largest absolute Gasteiger partial charge is 0.458 e. The molecule has 0 saturated carbocycles. The van der Waals surface area contributed by atoms with Gasteiger partial charge < -0.3 is 24.2 Å². The monoisotopic (exact) mass is 1170 g/mol. The van der Waals surface area contributed by atoms with Crippen molar-refractivity contribution in [3.05, 3.63) is 258 Å². The van der Waals surface area contributed by atoms with Crippen LogP contribution >= 0.6 is 0 Å². The summed E-state index contributed by atoms with van der Waals surface area (Å²) in [6, 6.07) is 87.9. The van der Waals surface area contributed by atoms with Crippen molar-refractivity contribution in [2.24, 2.45) is 0 Å². The Bertz CT molecular complexity index is 4740. The Morgan fingerprint density at radius 3 is 1.40 bits per heavy atom. The van der Waals surface area contributed by atoms with Crippen molar-refractivity contribution < 1.29 is 9.47 Å². The van der Waals surface area contributed by atoms with E-state index in [-0.39, 0.29) is 30.2 Å². The van der Waals surface area contributed by atoms with Gasteiger partial charge in [0.25, 0.3) is 13.4 Å². The van der Waals surface area contributed by atoms with E-state index in [9.17, 15) is 0 Å². The molecule has 0 N–H and O–H groups in total. The fourth-order valence-electron chi connectivity index (χ4n) is 17.3. The molecule has 7 aliphatic rings. The third-order valence-electron chi connectivity index (χ3n) is 21.7. The smallest absolute Gasteiger partial charge is 0.256 e. The average Bonchev–Trinajstić information content (AvgIpc) is 0.758. The third kappa shape index (κ3) is 7.17. The number of anilines is 9. The molecule has 5 nitrogen and oxygen atoms in total. The van der Waals surface area contributed by atoms with Crippen LogP contribution in [-0.2, 0) is 10.8 Å². The van der Waals surface area contributed by atoms with Crippen molar-refractivity contribution in [2.75, 3.05) is 14.7 Å². The first-order valence-electron chi connectivity index (χ1n) is 31.7. The normalized spacial score (nSPS) is 17.4.